The molecule has 0 saturated carbocycles. The van der Waals surface area contributed by atoms with Crippen LogP contribution in [0.1, 0.15) is 62.5 Å². The molecule has 0 unspecified atom stereocenters. The normalized spacial score (nSPS) is 18.2. The number of aliphatic carboxylic acids is 1. The number of hydrogen-bond donors (Lipinski definition) is 3. The summed E-state index contributed by atoms with van der Waals surface area (Å²) in [6, 6.07) is 7.23. The molecule has 0 aliphatic carbocycles. The lowest BCUT2D eigenvalue weighted by Gasteiger charge is -2.29. The lowest BCUT2D eigenvalue weighted by Crippen LogP contribution is -2.49. The van der Waals surface area contributed by atoms with Gasteiger partial charge in [-0.15, -0.1) is 11.3 Å². The summed E-state index contributed by atoms with van der Waals surface area (Å²) in [5.41, 5.74) is 4.43. The molecular weight excluding hydrogens is 564 g/mol. The van der Waals surface area contributed by atoms with Crippen molar-refractivity contribution in [1.29, 1.82) is 0 Å². The Balaban J connectivity index is 1.21. The number of aliphatic hydroxyl groups excluding tert-OH is 1. The van der Waals surface area contributed by atoms with Gasteiger partial charge >= 0.3 is 5.97 Å². The van der Waals surface area contributed by atoms with Gasteiger partial charge in [0.15, 0.2) is 5.76 Å². The van der Waals surface area contributed by atoms with Crippen LogP contribution >= 0.6 is 11.3 Å². The van der Waals surface area contributed by atoms with Crippen LogP contribution in [0.15, 0.2) is 34.3 Å². The number of aliphatic hydroxyl groups is 1. The average molecular weight is 599 g/mol. The Hall–Kier alpha value is -3.97. The molecule has 224 valence electrons. The maximum atomic E-state index is 13.8. The van der Waals surface area contributed by atoms with Gasteiger partial charge in [0, 0.05) is 31.0 Å². The molecule has 42 heavy (non-hydrogen) atoms. The van der Waals surface area contributed by atoms with Gasteiger partial charge in [0.25, 0.3) is 5.88 Å². The first-order chi connectivity index (χ1) is 20.2. The number of carboxylic acid groups (broad SMARTS) is 1. The highest BCUT2D eigenvalue weighted by Gasteiger charge is 2.41. The van der Waals surface area contributed by atoms with Crippen molar-refractivity contribution in [3.05, 3.63) is 46.8 Å². The van der Waals surface area contributed by atoms with Crippen LogP contribution in [0.3, 0.4) is 0 Å². The van der Waals surface area contributed by atoms with Gasteiger partial charge in [0.1, 0.15) is 24.4 Å². The first-order valence-electron chi connectivity index (χ1n) is 14.0. The van der Waals surface area contributed by atoms with Crippen molar-refractivity contribution in [2.75, 3.05) is 13.2 Å². The number of hydrogen-bond acceptors (Lipinski definition) is 10. The Morgan fingerprint density at radius 2 is 2.07 bits per heavy atom. The van der Waals surface area contributed by atoms with E-state index in [0.717, 1.165) is 21.7 Å². The van der Waals surface area contributed by atoms with Crippen LogP contribution in [0.4, 0.5) is 0 Å². The number of rotatable bonds is 12. The van der Waals surface area contributed by atoms with E-state index in [0.29, 0.717) is 31.0 Å². The number of ether oxygens (including phenoxy) is 2. The summed E-state index contributed by atoms with van der Waals surface area (Å²) < 4.78 is 16.9. The minimum Gasteiger partial charge on any atom is -0.487 e. The second-order valence-electron chi connectivity index (χ2n) is 10.9. The quantitative estimate of drug-likeness (QED) is 0.263. The molecule has 2 aliphatic rings. The zero-order valence-electron chi connectivity index (χ0n) is 23.4. The van der Waals surface area contributed by atoms with E-state index in [9.17, 15) is 19.5 Å². The number of carbonyl (C=O) groups excluding carboxylic acids is 2. The molecule has 1 fully saturated rings. The zero-order valence-corrected chi connectivity index (χ0v) is 24.3. The molecule has 3 N–H and O–H groups in total. The van der Waals surface area contributed by atoms with Gasteiger partial charge in [-0.25, -0.2) is 4.98 Å². The molecule has 4 heterocycles. The SMILES string of the molecule is CC(C)[C@H](C(=O)N1C[C@H](O)C[C@H]1NC(=O)Cc1ccc2c(c1)OCc1ncsc1-2)c1cc(OCCCCC(=O)O)no1. The highest BCUT2D eigenvalue weighted by Crippen LogP contribution is 2.40. The molecule has 0 radical (unpaired) electrons. The van der Waals surface area contributed by atoms with E-state index in [-0.39, 0.29) is 56.0 Å². The largest absolute Gasteiger partial charge is 0.487 e. The number of aromatic nitrogens is 2. The lowest BCUT2D eigenvalue weighted by atomic mass is 9.91. The van der Waals surface area contributed by atoms with E-state index < -0.39 is 24.2 Å². The van der Waals surface area contributed by atoms with Crippen molar-refractivity contribution in [2.45, 2.75) is 70.7 Å². The van der Waals surface area contributed by atoms with E-state index in [1.165, 1.54) is 4.90 Å². The second kappa shape index (κ2) is 12.9. The number of thiazole rings is 1. The van der Waals surface area contributed by atoms with E-state index in [1.54, 1.807) is 22.9 Å². The number of β-amino-alcohol motifs (C(OH)–C–C–N with tert-alkyl or cyclic N) is 1. The molecular formula is C29H34N4O8S. The molecule has 2 aliphatic heterocycles. The van der Waals surface area contributed by atoms with Crippen LogP contribution in [-0.4, -0.2) is 68.5 Å². The molecule has 3 atom stereocenters. The second-order valence-corrected chi connectivity index (χ2v) is 11.7. The van der Waals surface area contributed by atoms with Gasteiger partial charge in [0.2, 0.25) is 11.8 Å². The van der Waals surface area contributed by atoms with Gasteiger partial charge in [-0.2, -0.15) is 0 Å². The van der Waals surface area contributed by atoms with Crippen molar-refractivity contribution in [3.63, 3.8) is 0 Å². The summed E-state index contributed by atoms with van der Waals surface area (Å²) >= 11 is 1.55. The Morgan fingerprint density at radius 1 is 1.24 bits per heavy atom. The van der Waals surface area contributed by atoms with Gasteiger partial charge < -0.3 is 34.4 Å². The predicted molar refractivity (Wildman–Crippen MR) is 151 cm³/mol. The standard InChI is InChI=1S/C29H34N4O8S/c1-16(2)27(22-12-25(32-41-22)39-8-4-3-5-26(36)37)29(38)33-13-18(34)11-23(33)31-24(35)10-17-6-7-19-21(9-17)40-14-20-28(19)42-15-30-20/h6-7,9,12,15-16,18,23,27,34H,3-5,8,10-11,13-14H2,1-2H3,(H,31,35)(H,36,37)/t18-,23+,27+/m1/s1. The van der Waals surface area contributed by atoms with Crippen LogP contribution in [-0.2, 0) is 27.4 Å². The molecule has 1 aromatic carbocycles. The van der Waals surface area contributed by atoms with Crippen molar-refractivity contribution in [1.82, 2.24) is 20.4 Å². The number of nitrogens with zero attached hydrogens (tertiary/aromatic N) is 3. The first-order valence-corrected chi connectivity index (χ1v) is 14.8. The topological polar surface area (TPSA) is 164 Å². The number of unbranched alkanes of at least 4 members (excludes halogenated alkanes) is 1. The Bertz CT molecular complexity index is 1440. The molecule has 1 saturated heterocycles. The number of carbonyl (C=O) groups is 3. The Labute approximate surface area is 246 Å². The van der Waals surface area contributed by atoms with Crippen LogP contribution in [0.5, 0.6) is 11.6 Å². The number of amides is 2. The maximum absolute atomic E-state index is 13.8. The molecule has 0 spiro atoms. The van der Waals surface area contributed by atoms with Crippen LogP contribution in [0, 0.1) is 5.92 Å². The number of fused-ring (bicyclic) bond motifs is 3. The summed E-state index contributed by atoms with van der Waals surface area (Å²) in [4.78, 5) is 44.4. The lowest BCUT2D eigenvalue weighted by molar-refractivity contribution is -0.138. The maximum Gasteiger partial charge on any atom is 0.303 e. The van der Waals surface area contributed by atoms with E-state index >= 15 is 0 Å². The first kappa shape index (κ1) is 29.5. The number of likely N-dealkylation sites (tertiary alicyclic amines) is 1. The number of benzene rings is 1. The third-order valence-electron chi connectivity index (χ3n) is 7.33. The van der Waals surface area contributed by atoms with Gasteiger partial charge in [-0.1, -0.05) is 19.9 Å². The van der Waals surface area contributed by atoms with Crippen molar-refractivity contribution in [3.8, 4) is 22.1 Å². The molecule has 5 rings (SSSR count). The van der Waals surface area contributed by atoms with Gasteiger partial charge in [-0.3, -0.25) is 14.4 Å². The summed E-state index contributed by atoms with van der Waals surface area (Å²) in [6.45, 7) is 4.50. The number of nitrogens with one attached hydrogen (secondary N) is 1. The van der Waals surface area contributed by atoms with E-state index in [2.05, 4.69) is 15.5 Å². The molecule has 12 nitrogen and oxygen atoms in total. The van der Waals surface area contributed by atoms with Crippen LogP contribution in [0.25, 0.3) is 10.4 Å². The van der Waals surface area contributed by atoms with Gasteiger partial charge in [0.05, 0.1) is 35.2 Å². The average Bonchev–Trinajstić information content (AvgIpc) is 3.68. The molecule has 13 heteroatoms. The van der Waals surface area contributed by atoms with Crippen molar-refractivity contribution in [2.24, 2.45) is 5.92 Å². The predicted octanol–water partition coefficient (Wildman–Crippen LogP) is 3.34. The smallest absolute Gasteiger partial charge is 0.303 e. The third-order valence-corrected chi connectivity index (χ3v) is 8.23. The van der Waals surface area contributed by atoms with Gasteiger partial charge in [-0.05, 0) is 41.6 Å². The van der Waals surface area contributed by atoms with Crippen molar-refractivity contribution < 1.29 is 38.6 Å². The van der Waals surface area contributed by atoms with Crippen LogP contribution in [0.2, 0.25) is 0 Å². The Kier molecular flexibility index (Phi) is 9.07. The highest BCUT2D eigenvalue weighted by molar-refractivity contribution is 7.13. The zero-order chi connectivity index (χ0) is 29.8. The minimum atomic E-state index is -0.859. The highest BCUT2D eigenvalue weighted by atomic mass is 32.1. The molecule has 2 amide bonds. The monoisotopic (exact) mass is 598 g/mol. The third kappa shape index (κ3) is 6.73. The number of carboxylic acids is 1. The summed E-state index contributed by atoms with van der Waals surface area (Å²) in [5.74, 6) is -1.06. The molecule has 3 aromatic rings. The van der Waals surface area contributed by atoms with Crippen LogP contribution < -0.4 is 14.8 Å². The van der Waals surface area contributed by atoms with Crippen molar-refractivity contribution >= 4 is 29.1 Å². The Morgan fingerprint density at radius 3 is 2.86 bits per heavy atom. The summed E-state index contributed by atoms with van der Waals surface area (Å²) in [5, 5.41) is 26.0. The van der Waals surface area contributed by atoms with E-state index in [4.69, 9.17) is 19.1 Å². The fourth-order valence-corrected chi connectivity index (χ4v) is 6.12. The molecule has 0 bridgehead atoms. The molecule has 2 aromatic heterocycles. The summed E-state index contributed by atoms with van der Waals surface area (Å²) in [6.07, 6.45) is -0.0770. The fraction of sp³-hybridized carbons (Fsp3) is 0.483. The minimum absolute atomic E-state index is 0.0622. The summed E-state index contributed by atoms with van der Waals surface area (Å²) in [7, 11) is 0. The fourth-order valence-electron chi connectivity index (χ4n) is 5.29. The van der Waals surface area contributed by atoms with E-state index in [1.807, 2.05) is 32.0 Å².